The smallest absolute Gasteiger partial charge is 0.0940 e. The molecule has 0 unspecified atom stereocenters. The van der Waals surface area contributed by atoms with Gasteiger partial charge in [-0.1, -0.05) is 6.58 Å². The molecule has 0 amide bonds. The molecule has 1 heterocycles. The lowest BCUT2D eigenvalue weighted by Crippen LogP contribution is -2.15. The molecule has 2 heteroatoms. The maximum atomic E-state index is 8.48. The first-order valence-electron chi connectivity index (χ1n) is 3.98. The lowest BCUT2D eigenvalue weighted by atomic mass is 9.93. The van der Waals surface area contributed by atoms with Gasteiger partial charge in [-0.05, 0) is 25.2 Å². The fraction of sp³-hybridized carbons (Fsp3) is 0.667. The zero-order valence-corrected chi connectivity index (χ0v) is 6.68. The first kappa shape index (κ1) is 8.29. The lowest BCUT2D eigenvalue weighted by molar-refractivity contribution is 0.0668. The van der Waals surface area contributed by atoms with E-state index >= 15 is 0 Å². The third-order valence-electron chi connectivity index (χ3n) is 2.03. The predicted molar refractivity (Wildman–Crippen MR) is 42.9 cm³/mol. The van der Waals surface area contributed by atoms with Crippen LogP contribution < -0.4 is 0 Å². The molecule has 0 radical (unpaired) electrons. The average molecular weight is 151 g/mol. The van der Waals surface area contributed by atoms with E-state index in [0.717, 1.165) is 32.5 Å². The van der Waals surface area contributed by atoms with Crippen LogP contribution in [0.25, 0.3) is 0 Å². The minimum absolute atomic E-state index is 0.635. The van der Waals surface area contributed by atoms with Crippen LogP contribution in [0.2, 0.25) is 0 Å². The van der Waals surface area contributed by atoms with Crippen LogP contribution in [0.1, 0.15) is 19.3 Å². The van der Waals surface area contributed by atoms with Gasteiger partial charge in [0, 0.05) is 18.8 Å². The highest BCUT2D eigenvalue weighted by Gasteiger charge is 2.14. The maximum absolute atomic E-state index is 8.48. The molecule has 1 saturated heterocycles. The van der Waals surface area contributed by atoms with Crippen LogP contribution in [0.4, 0.5) is 0 Å². The summed E-state index contributed by atoms with van der Waals surface area (Å²) in [5, 5.41) is 8.48. The molecule has 0 N–H and O–H groups in total. The van der Waals surface area contributed by atoms with Gasteiger partial charge in [0.2, 0.25) is 0 Å². The largest absolute Gasteiger partial charge is 0.381 e. The molecule has 0 aromatic heterocycles. The van der Waals surface area contributed by atoms with Crippen molar-refractivity contribution < 1.29 is 4.74 Å². The van der Waals surface area contributed by atoms with Crippen LogP contribution in [0, 0.1) is 17.2 Å². The van der Waals surface area contributed by atoms with E-state index in [1.54, 1.807) is 0 Å². The van der Waals surface area contributed by atoms with Gasteiger partial charge in [-0.15, -0.1) is 0 Å². The van der Waals surface area contributed by atoms with Crippen molar-refractivity contribution >= 4 is 0 Å². The van der Waals surface area contributed by atoms with Crippen LogP contribution in [-0.2, 0) is 4.74 Å². The number of nitriles is 1. The van der Waals surface area contributed by atoms with E-state index in [0.29, 0.717) is 11.5 Å². The second-order valence-electron chi connectivity index (χ2n) is 2.98. The van der Waals surface area contributed by atoms with Crippen LogP contribution in [0.5, 0.6) is 0 Å². The second-order valence-corrected chi connectivity index (χ2v) is 2.98. The molecule has 0 bridgehead atoms. The third-order valence-corrected chi connectivity index (χ3v) is 2.03. The molecule has 0 spiro atoms. The van der Waals surface area contributed by atoms with Gasteiger partial charge in [0.25, 0.3) is 0 Å². The van der Waals surface area contributed by atoms with Crippen molar-refractivity contribution in [3.8, 4) is 6.07 Å². The number of hydrogen-bond acceptors (Lipinski definition) is 2. The fourth-order valence-corrected chi connectivity index (χ4v) is 1.34. The summed E-state index contributed by atoms with van der Waals surface area (Å²) >= 11 is 0. The van der Waals surface area contributed by atoms with E-state index in [1.165, 1.54) is 0 Å². The second kappa shape index (κ2) is 4.15. The van der Waals surface area contributed by atoms with E-state index in [4.69, 9.17) is 10.00 Å². The summed E-state index contributed by atoms with van der Waals surface area (Å²) in [4.78, 5) is 0. The first-order valence-corrected chi connectivity index (χ1v) is 3.98. The Morgan fingerprint density at radius 1 is 1.55 bits per heavy atom. The van der Waals surface area contributed by atoms with Crippen LogP contribution in [0.15, 0.2) is 12.2 Å². The molecule has 0 aromatic carbocycles. The van der Waals surface area contributed by atoms with Crippen molar-refractivity contribution in [2.24, 2.45) is 5.92 Å². The van der Waals surface area contributed by atoms with Gasteiger partial charge >= 0.3 is 0 Å². The SMILES string of the molecule is C=C(C#N)CC1CCOCC1. The number of rotatable bonds is 2. The van der Waals surface area contributed by atoms with Crippen LogP contribution in [0.3, 0.4) is 0 Å². The summed E-state index contributed by atoms with van der Waals surface area (Å²) in [6, 6.07) is 2.08. The quantitative estimate of drug-likeness (QED) is 0.564. The highest BCUT2D eigenvalue weighted by molar-refractivity contribution is 5.16. The van der Waals surface area contributed by atoms with Crippen molar-refractivity contribution in [2.45, 2.75) is 19.3 Å². The van der Waals surface area contributed by atoms with E-state index in [9.17, 15) is 0 Å². The summed E-state index contributed by atoms with van der Waals surface area (Å²) < 4.78 is 5.20. The van der Waals surface area contributed by atoms with Crippen LogP contribution >= 0.6 is 0 Å². The summed E-state index contributed by atoms with van der Waals surface area (Å²) in [5.41, 5.74) is 0.705. The Morgan fingerprint density at radius 3 is 2.73 bits per heavy atom. The Morgan fingerprint density at radius 2 is 2.18 bits per heavy atom. The van der Waals surface area contributed by atoms with Crippen molar-refractivity contribution in [2.75, 3.05) is 13.2 Å². The topological polar surface area (TPSA) is 33.0 Å². The van der Waals surface area contributed by atoms with E-state index in [2.05, 4.69) is 12.6 Å². The Hall–Kier alpha value is -0.810. The van der Waals surface area contributed by atoms with Gasteiger partial charge in [-0.3, -0.25) is 0 Å². The van der Waals surface area contributed by atoms with Gasteiger partial charge in [0.15, 0.2) is 0 Å². The highest BCUT2D eigenvalue weighted by atomic mass is 16.5. The Kier molecular flexibility index (Phi) is 3.13. The number of nitrogens with zero attached hydrogens (tertiary/aromatic N) is 1. The number of ether oxygens (including phenoxy) is 1. The summed E-state index contributed by atoms with van der Waals surface area (Å²) in [7, 11) is 0. The van der Waals surface area contributed by atoms with Crippen molar-refractivity contribution in [1.29, 1.82) is 5.26 Å². The average Bonchev–Trinajstić information content (AvgIpc) is 2.06. The molecule has 1 rings (SSSR count). The Balaban J connectivity index is 2.25. The molecular weight excluding hydrogens is 138 g/mol. The van der Waals surface area contributed by atoms with Crippen LogP contribution in [-0.4, -0.2) is 13.2 Å². The predicted octanol–water partition coefficient (Wildman–Crippen LogP) is 1.88. The molecule has 2 nitrogen and oxygen atoms in total. The van der Waals surface area contributed by atoms with Crippen molar-refractivity contribution in [3.63, 3.8) is 0 Å². The van der Waals surface area contributed by atoms with Gasteiger partial charge in [-0.25, -0.2) is 0 Å². The first-order chi connectivity index (χ1) is 5.33. The van der Waals surface area contributed by atoms with E-state index in [1.807, 2.05) is 0 Å². The lowest BCUT2D eigenvalue weighted by Gasteiger charge is -2.20. The van der Waals surface area contributed by atoms with Gasteiger partial charge < -0.3 is 4.74 Å². The van der Waals surface area contributed by atoms with Gasteiger partial charge in [-0.2, -0.15) is 5.26 Å². The molecule has 0 aliphatic carbocycles. The molecular formula is C9H13NO. The van der Waals surface area contributed by atoms with E-state index < -0.39 is 0 Å². The summed E-state index contributed by atoms with van der Waals surface area (Å²) in [5.74, 6) is 0.635. The normalized spacial score (nSPS) is 19.2. The summed E-state index contributed by atoms with van der Waals surface area (Å²) in [6.07, 6.45) is 3.03. The molecule has 1 aliphatic rings. The summed E-state index contributed by atoms with van der Waals surface area (Å²) in [6.45, 7) is 5.37. The molecule has 60 valence electrons. The van der Waals surface area contributed by atoms with Gasteiger partial charge in [0.05, 0.1) is 6.07 Å². The minimum Gasteiger partial charge on any atom is -0.381 e. The minimum atomic E-state index is 0.635. The number of allylic oxidation sites excluding steroid dienone is 1. The zero-order chi connectivity index (χ0) is 8.10. The molecule has 1 aliphatic heterocycles. The molecule has 0 atom stereocenters. The standard InChI is InChI=1S/C9H13NO/c1-8(7-10)6-9-2-4-11-5-3-9/h9H,1-6H2. The Labute approximate surface area is 67.5 Å². The van der Waals surface area contributed by atoms with Gasteiger partial charge in [0.1, 0.15) is 0 Å². The third kappa shape index (κ3) is 2.73. The Bertz CT molecular complexity index is 174. The van der Waals surface area contributed by atoms with Crippen molar-refractivity contribution in [3.05, 3.63) is 12.2 Å². The molecule has 1 fully saturated rings. The highest BCUT2D eigenvalue weighted by Crippen LogP contribution is 2.21. The van der Waals surface area contributed by atoms with Crippen molar-refractivity contribution in [1.82, 2.24) is 0 Å². The molecule has 0 saturated carbocycles. The zero-order valence-electron chi connectivity index (χ0n) is 6.68. The molecule has 11 heavy (non-hydrogen) atoms. The fourth-order valence-electron chi connectivity index (χ4n) is 1.34. The number of hydrogen-bond donors (Lipinski definition) is 0. The van der Waals surface area contributed by atoms with E-state index in [-0.39, 0.29) is 0 Å². The molecule has 0 aromatic rings. The monoisotopic (exact) mass is 151 g/mol. The maximum Gasteiger partial charge on any atom is 0.0940 e.